The molecular formula is C11H12N6O2. The number of nitrogens with zero attached hydrogens (tertiary/aromatic N) is 4. The van der Waals surface area contributed by atoms with E-state index in [0.29, 0.717) is 11.6 Å². The Balaban J connectivity index is 2.03. The second-order valence-electron chi connectivity index (χ2n) is 3.69. The fourth-order valence-corrected chi connectivity index (χ4v) is 1.34. The van der Waals surface area contributed by atoms with E-state index in [1.54, 1.807) is 29.4 Å². The van der Waals surface area contributed by atoms with Crippen LogP contribution in [0.15, 0.2) is 31.1 Å². The molecule has 98 valence electrons. The maximum Gasteiger partial charge on any atom is 0.244 e. The van der Waals surface area contributed by atoms with Crippen LogP contribution in [0.25, 0.3) is 5.82 Å². The van der Waals surface area contributed by atoms with Crippen molar-refractivity contribution in [2.24, 2.45) is 0 Å². The Morgan fingerprint density at radius 2 is 2.21 bits per heavy atom. The van der Waals surface area contributed by atoms with E-state index in [9.17, 15) is 9.59 Å². The Hall–Kier alpha value is -2.77. The van der Waals surface area contributed by atoms with Gasteiger partial charge in [0.15, 0.2) is 0 Å². The van der Waals surface area contributed by atoms with E-state index in [1.165, 1.54) is 13.3 Å². The molecule has 0 radical (unpaired) electrons. The standard InChI is InChI=1S/C11H12N6O2/c1-8(18)13-5-11(19)16-9-4-10(15-6-14-9)17-3-2-12-7-17/h2-4,6-7H,5H2,1H3,(H,13,18)(H,14,15,16,19). The molecule has 19 heavy (non-hydrogen) atoms. The summed E-state index contributed by atoms with van der Waals surface area (Å²) in [5.74, 6) is 0.318. The maximum absolute atomic E-state index is 11.5. The van der Waals surface area contributed by atoms with Gasteiger partial charge in [-0.2, -0.15) is 0 Å². The third-order valence-electron chi connectivity index (χ3n) is 2.19. The lowest BCUT2D eigenvalue weighted by atomic mass is 10.4. The minimum atomic E-state index is -0.356. The molecule has 2 rings (SSSR count). The third kappa shape index (κ3) is 3.60. The summed E-state index contributed by atoms with van der Waals surface area (Å²) >= 11 is 0. The first-order valence-corrected chi connectivity index (χ1v) is 5.50. The first-order valence-electron chi connectivity index (χ1n) is 5.50. The molecule has 0 aliphatic heterocycles. The molecule has 2 heterocycles. The Labute approximate surface area is 108 Å². The summed E-state index contributed by atoms with van der Waals surface area (Å²) in [6.45, 7) is 1.24. The van der Waals surface area contributed by atoms with Crippen LogP contribution in [0.5, 0.6) is 0 Å². The highest BCUT2D eigenvalue weighted by Gasteiger charge is 2.05. The number of hydrogen-bond acceptors (Lipinski definition) is 5. The summed E-state index contributed by atoms with van der Waals surface area (Å²) in [5.41, 5.74) is 0. The number of imidazole rings is 1. The van der Waals surface area contributed by atoms with Crippen molar-refractivity contribution in [2.45, 2.75) is 6.92 Å². The van der Waals surface area contributed by atoms with Crippen molar-refractivity contribution in [3.8, 4) is 5.82 Å². The highest BCUT2D eigenvalue weighted by atomic mass is 16.2. The summed E-state index contributed by atoms with van der Waals surface area (Å²) in [5, 5.41) is 4.96. The van der Waals surface area contributed by atoms with Crippen molar-refractivity contribution < 1.29 is 9.59 Å². The average molecular weight is 260 g/mol. The van der Waals surface area contributed by atoms with Gasteiger partial charge in [-0.1, -0.05) is 0 Å². The van der Waals surface area contributed by atoms with Crippen LogP contribution in [0.1, 0.15) is 6.92 Å². The van der Waals surface area contributed by atoms with E-state index in [4.69, 9.17) is 0 Å². The zero-order valence-corrected chi connectivity index (χ0v) is 10.2. The van der Waals surface area contributed by atoms with Gasteiger partial charge in [-0.15, -0.1) is 0 Å². The van der Waals surface area contributed by atoms with E-state index in [2.05, 4.69) is 25.6 Å². The van der Waals surface area contributed by atoms with Crippen LogP contribution in [0.4, 0.5) is 5.82 Å². The van der Waals surface area contributed by atoms with Crippen LogP contribution in [-0.4, -0.2) is 37.9 Å². The van der Waals surface area contributed by atoms with Gasteiger partial charge >= 0.3 is 0 Å². The van der Waals surface area contributed by atoms with Crippen LogP contribution in [0.3, 0.4) is 0 Å². The van der Waals surface area contributed by atoms with Crippen LogP contribution in [0.2, 0.25) is 0 Å². The SMILES string of the molecule is CC(=O)NCC(=O)Nc1cc(-n2ccnc2)ncn1. The summed E-state index contributed by atoms with van der Waals surface area (Å²) in [7, 11) is 0. The highest BCUT2D eigenvalue weighted by molar-refractivity contribution is 5.93. The van der Waals surface area contributed by atoms with Gasteiger partial charge in [-0.05, 0) is 0 Å². The van der Waals surface area contributed by atoms with Crippen LogP contribution >= 0.6 is 0 Å². The first-order chi connectivity index (χ1) is 9.15. The van der Waals surface area contributed by atoms with E-state index in [-0.39, 0.29) is 18.4 Å². The molecule has 2 aromatic rings. The van der Waals surface area contributed by atoms with Gasteiger partial charge in [0.2, 0.25) is 11.8 Å². The lowest BCUT2D eigenvalue weighted by Gasteiger charge is -2.06. The van der Waals surface area contributed by atoms with Gasteiger partial charge in [0.25, 0.3) is 0 Å². The van der Waals surface area contributed by atoms with Crippen molar-refractivity contribution in [2.75, 3.05) is 11.9 Å². The Kier molecular flexibility index (Phi) is 3.81. The van der Waals surface area contributed by atoms with Crippen LogP contribution < -0.4 is 10.6 Å². The average Bonchev–Trinajstić information content (AvgIpc) is 2.90. The highest BCUT2D eigenvalue weighted by Crippen LogP contribution is 2.07. The van der Waals surface area contributed by atoms with Crippen molar-refractivity contribution in [1.82, 2.24) is 24.8 Å². The second-order valence-corrected chi connectivity index (χ2v) is 3.69. The summed E-state index contributed by atoms with van der Waals surface area (Å²) in [6.07, 6.45) is 6.27. The molecular weight excluding hydrogens is 248 g/mol. The van der Waals surface area contributed by atoms with E-state index < -0.39 is 0 Å². The summed E-state index contributed by atoms with van der Waals surface area (Å²) in [6, 6.07) is 1.60. The minimum Gasteiger partial charge on any atom is -0.347 e. The van der Waals surface area contributed by atoms with E-state index in [0.717, 1.165) is 0 Å². The van der Waals surface area contributed by atoms with Gasteiger partial charge in [0.1, 0.15) is 24.3 Å². The van der Waals surface area contributed by atoms with E-state index >= 15 is 0 Å². The van der Waals surface area contributed by atoms with Crippen LogP contribution in [0, 0.1) is 0 Å². The number of aromatic nitrogens is 4. The number of amides is 2. The lowest BCUT2D eigenvalue weighted by molar-refractivity contribution is -0.122. The quantitative estimate of drug-likeness (QED) is 0.788. The first kappa shape index (κ1) is 12.7. The van der Waals surface area contributed by atoms with Crippen molar-refractivity contribution in [3.63, 3.8) is 0 Å². The molecule has 0 atom stereocenters. The zero-order valence-electron chi connectivity index (χ0n) is 10.2. The molecule has 0 saturated heterocycles. The molecule has 0 bridgehead atoms. The summed E-state index contributed by atoms with van der Waals surface area (Å²) < 4.78 is 1.69. The topological polar surface area (TPSA) is 102 Å². The number of carbonyl (C=O) groups is 2. The van der Waals surface area contributed by atoms with Gasteiger partial charge in [-0.3, -0.25) is 14.2 Å². The molecule has 2 amide bonds. The Morgan fingerprint density at radius 1 is 1.37 bits per heavy atom. The van der Waals surface area contributed by atoms with Gasteiger partial charge in [0.05, 0.1) is 6.54 Å². The fraction of sp³-hybridized carbons (Fsp3) is 0.182. The Morgan fingerprint density at radius 3 is 2.89 bits per heavy atom. The van der Waals surface area contributed by atoms with Crippen LogP contribution in [-0.2, 0) is 9.59 Å². The summed E-state index contributed by atoms with van der Waals surface area (Å²) in [4.78, 5) is 34.1. The normalized spacial score (nSPS) is 9.95. The van der Waals surface area contributed by atoms with E-state index in [1.807, 2.05) is 0 Å². The molecule has 0 spiro atoms. The predicted octanol–water partition coefficient (Wildman–Crippen LogP) is -0.263. The fourth-order valence-electron chi connectivity index (χ4n) is 1.34. The van der Waals surface area contributed by atoms with Crippen molar-refractivity contribution in [1.29, 1.82) is 0 Å². The van der Waals surface area contributed by atoms with Crippen molar-refractivity contribution >= 4 is 17.6 Å². The van der Waals surface area contributed by atoms with Crippen molar-refractivity contribution in [3.05, 3.63) is 31.1 Å². The number of nitrogens with one attached hydrogen (secondary N) is 2. The molecule has 0 unspecified atom stereocenters. The number of hydrogen-bond donors (Lipinski definition) is 2. The molecule has 2 N–H and O–H groups in total. The Bertz CT molecular complexity index is 581. The largest absolute Gasteiger partial charge is 0.347 e. The molecule has 0 aromatic carbocycles. The minimum absolute atomic E-state index is 0.0975. The molecule has 8 nitrogen and oxygen atoms in total. The third-order valence-corrected chi connectivity index (χ3v) is 2.19. The zero-order chi connectivity index (χ0) is 13.7. The number of anilines is 1. The monoisotopic (exact) mass is 260 g/mol. The second kappa shape index (κ2) is 5.71. The molecule has 2 aromatic heterocycles. The number of carbonyl (C=O) groups excluding carboxylic acids is 2. The molecule has 0 aliphatic carbocycles. The molecule has 0 aliphatic rings. The lowest BCUT2D eigenvalue weighted by Crippen LogP contribution is -2.31. The number of rotatable bonds is 4. The molecule has 0 fully saturated rings. The van der Waals surface area contributed by atoms with Gasteiger partial charge < -0.3 is 10.6 Å². The maximum atomic E-state index is 11.5. The predicted molar refractivity (Wildman–Crippen MR) is 66.5 cm³/mol. The molecule has 0 saturated carbocycles. The van der Waals surface area contributed by atoms with Gasteiger partial charge in [0, 0.05) is 25.4 Å². The smallest absolute Gasteiger partial charge is 0.244 e. The molecule has 8 heteroatoms. The van der Waals surface area contributed by atoms with Gasteiger partial charge in [-0.25, -0.2) is 15.0 Å².